The van der Waals surface area contributed by atoms with E-state index in [0.29, 0.717) is 83.9 Å². The van der Waals surface area contributed by atoms with Crippen LogP contribution in [0.2, 0.25) is 0 Å². The average molecular weight is 1420 g/mol. The van der Waals surface area contributed by atoms with E-state index in [1.807, 2.05) is 0 Å². The SMILES string of the molecule is COCCCCCCNC(=O)CCCC(=O)NC(CCC(=O)CCCCNC(=O)CCCCO[C@@H]1OC(CO)[C@H](O)[C@H](O)C1C)(CCC(=O)NCCCNC(=O)CCCCO[C@@H]1OC(CO)[C@H](O)[C@H](O)C1C)CCC(=O)NCCCNC(=O)CCCCO[C@@H]1OC(CO)[C@H](O)[C@H](O)C1C. The molecule has 0 aromatic carbocycles. The summed E-state index contributed by atoms with van der Waals surface area (Å²) in [7, 11) is 1.65. The van der Waals surface area contributed by atoms with Gasteiger partial charge in [0.15, 0.2) is 18.9 Å². The fourth-order valence-electron chi connectivity index (χ4n) is 11.8. The molecule has 3 aliphatic rings. The second-order valence-corrected chi connectivity index (χ2v) is 26.6. The molecule has 0 saturated carbocycles. The van der Waals surface area contributed by atoms with Crippen LogP contribution in [-0.2, 0) is 71.5 Å². The quantitative estimate of drug-likeness (QED) is 0.0343. The average Bonchev–Trinajstić information content (AvgIpc) is 0.862. The number of aliphatic hydroxyl groups is 9. The molecule has 0 radical (unpaired) electrons. The maximum atomic E-state index is 14.0. The van der Waals surface area contributed by atoms with E-state index in [0.717, 1.165) is 25.7 Å². The van der Waals surface area contributed by atoms with Gasteiger partial charge in [0.25, 0.3) is 0 Å². The minimum absolute atomic E-state index is 0.0151. The van der Waals surface area contributed by atoms with Crippen LogP contribution in [0.1, 0.15) is 194 Å². The molecule has 0 aliphatic carbocycles. The molecule has 99 heavy (non-hydrogen) atoms. The van der Waals surface area contributed by atoms with Gasteiger partial charge < -0.3 is 116 Å². The Kier molecular flexibility index (Phi) is 46.0. The lowest BCUT2D eigenvalue weighted by Crippen LogP contribution is -2.55. The molecule has 574 valence electrons. The number of ketones is 1. The first-order valence-corrected chi connectivity index (χ1v) is 36.1. The van der Waals surface area contributed by atoms with Gasteiger partial charge >= 0.3 is 0 Å². The number of aliphatic hydroxyl groups excluding tert-OH is 9. The molecule has 0 aromatic heterocycles. The van der Waals surface area contributed by atoms with Gasteiger partial charge in [-0.2, -0.15) is 0 Å². The maximum Gasteiger partial charge on any atom is 0.220 e. The van der Waals surface area contributed by atoms with E-state index in [1.165, 1.54) is 0 Å². The van der Waals surface area contributed by atoms with Crippen LogP contribution in [0.25, 0.3) is 0 Å². The Morgan fingerprint density at radius 3 is 0.990 bits per heavy atom. The van der Waals surface area contributed by atoms with E-state index in [1.54, 1.807) is 27.9 Å². The maximum absolute atomic E-state index is 14.0. The molecule has 3 rings (SSSR count). The highest BCUT2D eigenvalue weighted by Gasteiger charge is 2.45. The van der Waals surface area contributed by atoms with Gasteiger partial charge in [0.1, 0.15) is 42.4 Å². The standard InChI is InChI=1S/C68H123N7O24/c1-45-59(87)62(90)49(42-76)97-65(45)94-39-14-8-21-52(80)70-33-12-7-20-48(79)26-29-68(75-58(86)25-17-24-55(83)69-32-11-5-6-13-38-93-4,30-27-56(84)73-36-18-34-71-53(81)22-9-15-40-95-66-46(2)60(88)63(91)50(43-77)98-66)31-28-57(85)74-37-19-35-72-54(82)23-10-16-41-96-67-47(3)61(89)64(92)51(44-78)99-67/h45-47,49-51,59-67,76-78,87-92H,5-44H2,1-4H3,(H,69,83)(H,70,80)(H,71,81)(H,72,82)(H,73,84)(H,74,85)(H,75,86)/t45?,46?,47?,49?,50?,51?,59-,60-,61-,62+,63+,64+,65-,66-,67-,68?/m1/s1. The summed E-state index contributed by atoms with van der Waals surface area (Å²) < 4.78 is 39.1. The number of Topliss-reactive ketones (excluding diaryl/α,β-unsaturated/α-hetero) is 1. The number of amides is 7. The summed E-state index contributed by atoms with van der Waals surface area (Å²) in [4.78, 5) is 106. The minimum atomic E-state index is -1.24. The molecule has 3 fully saturated rings. The monoisotopic (exact) mass is 1420 g/mol. The van der Waals surface area contributed by atoms with E-state index in [4.69, 9.17) is 33.2 Å². The van der Waals surface area contributed by atoms with E-state index in [2.05, 4.69) is 37.2 Å². The zero-order valence-electron chi connectivity index (χ0n) is 59.1. The van der Waals surface area contributed by atoms with Crippen LogP contribution >= 0.6 is 0 Å². The number of nitrogens with one attached hydrogen (secondary N) is 7. The van der Waals surface area contributed by atoms with Crippen molar-refractivity contribution < 1.29 is 117 Å². The van der Waals surface area contributed by atoms with E-state index in [-0.39, 0.29) is 171 Å². The Morgan fingerprint density at radius 1 is 0.333 bits per heavy atom. The molecule has 3 heterocycles. The molecule has 7 amide bonds. The molecule has 31 heteroatoms. The first-order chi connectivity index (χ1) is 47.5. The third kappa shape index (κ3) is 35.9. The number of methoxy groups -OCH3 is 1. The molecule has 15 atom stereocenters. The lowest BCUT2D eigenvalue weighted by molar-refractivity contribution is -0.282. The van der Waals surface area contributed by atoms with Gasteiger partial charge in [-0.15, -0.1) is 0 Å². The van der Waals surface area contributed by atoms with Gasteiger partial charge in [-0.3, -0.25) is 38.4 Å². The van der Waals surface area contributed by atoms with Gasteiger partial charge in [0.2, 0.25) is 41.4 Å². The van der Waals surface area contributed by atoms with Gasteiger partial charge in [0.05, 0.1) is 38.1 Å². The number of carbonyl (C=O) groups excluding carboxylic acids is 8. The number of hydrogen-bond acceptors (Lipinski definition) is 24. The van der Waals surface area contributed by atoms with Crippen molar-refractivity contribution in [2.45, 2.75) is 273 Å². The molecule has 0 bridgehead atoms. The summed E-state index contributed by atoms with van der Waals surface area (Å²) in [5, 5.41) is 110. The molecule has 6 unspecified atom stereocenters. The van der Waals surface area contributed by atoms with Crippen molar-refractivity contribution in [2.75, 3.05) is 92.6 Å². The van der Waals surface area contributed by atoms with Crippen LogP contribution in [0.15, 0.2) is 0 Å². The van der Waals surface area contributed by atoms with Crippen LogP contribution in [0, 0.1) is 17.8 Å². The number of ether oxygens (including phenoxy) is 7. The largest absolute Gasteiger partial charge is 0.394 e. The normalized spacial score (nSPS) is 26.0. The van der Waals surface area contributed by atoms with E-state index in [9.17, 15) is 84.3 Å². The van der Waals surface area contributed by atoms with Gasteiger partial charge in [0, 0.05) is 154 Å². The van der Waals surface area contributed by atoms with Crippen molar-refractivity contribution >= 4 is 47.1 Å². The van der Waals surface area contributed by atoms with Crippen molar-refractivity contribution in [3.63, 3.8) is 0 Å². The third-order valence-electron chi connectivity index (χ3n) is 18.4. The highest BCUT2D eigenvalue weighted by atomic mass is 16.7. The summed E-state index contributed by atoms with van der Waals surface area (Å²) in [5.74, 6) is -3.72. The van der Waals surface area contributed by atoms with Crippen LogP contribution in [0.5, 0.6) is 0 Å². The van der Waals surface area contributed by atoms with Crippen molar-refractivity contribution in [3.8, 4) is 0 Å². The van der Waals surface area contributed by atoms with E-state index < -0.39 is 123 Å². The third-order valence-corrected chi connectivity index (χ3v) is 18.4. The predicted octanol–water partition coefficient (Wildman–Crippen LogP) is -0.438. The Morgan fingerprint density at radius 2 is 0.626 bits per heavy atom. The fraction of sp³-hybridized carbons (Fsp3) is 0.882. The lowest BCUT2D eigenvalue weighted by Gasteiger charge is -2.40. The highest BCUT2D eigenvalue weighted by molar-refractivity contribution is 5.82. The first-order valence-electron chi connectivity index (χ1n) is 36.1. The zero-order valence-corrected chi connectivity index (χ0v) is 59.1. The van der Waals surface area contributed by atoms with Crippen LogP contribution in [0.4, 0.5) is 0 Å². The Labute approximate surface area is 583 Å². The second-order valence-electron chi connectivity index (χ2n) is 26.6. The molecule has 0 spiro atoms. The summed E-state index contributed by atoms with van der Waals surface area (Å²) in [6.07, 6.45) is -3.30. The van der Waals surface area contributed by atoms with Gasteiger partial charge in [-0.25, -0.2) is 0 Å². The topological polar surface area (TPSA) is 467 Å². The highest BCUT2D eigenvalue weighted by Crippen LogP contribution is 2.31. The minimum Gasteiger partial charge on any atom is -0.394 e. The fourth-order valence-corrected chi connectivity index (χ4v) is 11.8. The molecule has 3 saturated heterocycles. The molecule has 3 aliphatic heterocycles. The Balaban J connectivity index is 1.58. The summed E-state index contributed by atoms with van der Waals surface area (Å²) in [6.45, 7) is 6.62. The number of unbranched alkanes of at least 4 members (excludes halogenated alkanes) is 7. The van der Waals surface area contributed by atoms with Crippen molar-refractivity contribution in [2.24, 2.45) is 17.8 Å². The molecule has 16 N–H and O–H groups in total. The molecule has 0 aromatic rings. The van der Waals surface area contributed by atoms with Crippen LogP contribution < -0.4 is 37.2 Å². The van der Waals surface area contributed by atoms with Crippen molar-refractivity contribution in [1.82, 2.24) is 37.2 Å². The van der Waals surface area contributed by atoms with Gasteiger partial charge in [-0.05, 0) is 103 Å². The Hall–Kier alpha value is -4.68. The lowest BCUT2D eigenvalue weighted by atomic mass is 9.82. The zero-order chi connectivity index (χ0) is 73.0. The summed E-state index contributed by atoms with van der Waals surface area (Å²) >= 11 is 0. The predicted molar refractivity (Wildman–Crippen MR) is 359 cm³/mol. The van der Waals surface area contributed by atoms with Crippen molar-refractivity contribution in [3.05, 3.63) is 0 Å². The van der Waals surface area contributed by atoms with Gasteiger partial charge in [-0.1, -0.05) is 33.6 Å². The first kappa shape index (κ1) is 88.5. The summed E-state index contributed by atoms with van der Waals surface area (Å²) in [5.41, 5.74) is -1.24. The smallest absolute Gasteiger partial charge is 0.220 e. The summed E-state index contributed by atoms with van der Waals surface area (Å²) in [6, 6.07) is 0. The van der Waals surface area contributed by atoms with Crippen molar-refractivity contribution in [1.29, 1.82) is 0 Å². The second kappa shape index (κ2) is 51.5. The number of rotatable bonds is 55. The van der Waals surface area contributed by atoms with Crippen LogP contribution in [0.3, 0.4) is 0 Å². The van der Waals surface area contributed by atoms with E-state index >= 15 is 0 Å². The molecular weight excluding hydrogens is 1300 g/mol. The molecular formula is C68H123N7O24. The Bertz CT molecular complexity index is 2090. The number of carbonyl (C=O) groups is 8. The number of hydrogen-bond donors (Lipinski definition) is 16. The molecule has 31 nitrogen and oxygen atoms in total. The van der Waals surface area contributed by atoms with Crippen LogP contribution in [-0.4, -0.2) is 265 Å².